The summed E-state index contributed by atoms with van der Waals surface area (Å²) in [6.45, 7) is 5.72. The zero-order chi connectivity index (χ0) is 12.5. The topological polar surface area (TPSA) is 12.0 Å². The summed E-state index contributed by atoms with van der Waals surface area (Å²) in [7, 11) is 0. The molecule has 1 nitrogen and oxygen atoms in total. The molecule has 96 valence electrons. The Kier molecular flexibility index (Phi) is 3.40. The number of rotatable bonds is 2. The Morgan fingerprint density at radius 2 is 2.28 bits per heavy atom. The number of piperidine rings is 1. The molecular formula is C16H21NS. The van der Waals surface area contributed by atoms with Crippen LogP contribution in [0.4, 0.5) is 0 Å². The maximum Gasteiger partial charge on any atom is 0.0348 e. The second-order valence-electron chi connectivity index (χ2n) is 5.41. The number of aryl methyl sites for hydroxylation is 1. The molecule has 1 aliphatic heterocycles. The van der Waals surface area contributed by atoms with E-state index in [-0.39, 0.29) is 0 Å². The average molecular weight is 259 g/mol. The van der Waals surface area contributed by atoms with Gasteiger partial charge in [0, 0.05) is 15.6 Å². The van der Waals surface area contributed by atoms with Gasteiger partial charge in [-0.25, -0.2) is 0 Å². The van der Waals surface area contributed by atoms with E-state index in [0.29, 0.717) is 6.04 Å². The lowest BCUT2D eigenvalue weighted by molar-refractivity contribution is 0.384. The van der Waals surface area contributed by atoms with Gasteiger partial charge in [-0.2, -0.15) is 0 Å². The van der Waals surface area contributed by atoms with E-state index in [0.717, 1.165) is 12.3 Å². The number of benzene rings is 1. The highest BCUT2D eigenvalue weighted by Gasteiger charge is 2.21. The molecule has 18 heavy (non-hydrogen) atoms. The number of nitrogens with one attached hydrogen (secondary N) is 1. The molecule has 0 saturated carbocycles. The predicted molar refractivity (Wildman–Crippen MR) is 80.6 cm³/mol. The molecule has 2 atom stereocenters. The predicted octanol–water partition coefficient (Wildman–Crippen LogP) is 4.32. The van der Waals surface area contributed by atoms with E-state index in [1.165, 1.54) is 35.0 Å². The summed E-state index contributed by atoms with van der Waals surface area (Å²) in [6.07, 6.45) is 3.71. The number of hydrogen-bond donors (Lipinski definition) is 1. The fourth-order valence-electron chi connectivity index (χ4n) is 3.04. The monoisotopic (exact) mass is 259 g/mol. The molecule has 0 amide bonds. The summed E-state index contributed by atoms with van der Waals surface area (Å²) in [5, 5.41) is 5.03. The van der Waals surface area contributed by atoms with Crippen molar-refractivity contribution in [2.45, 2.75) is 45.1 Å². The van der Waals surface area contributed by atoms with Gasteiger partial charge in [-0.15, -0.1) is 11.3 Å². The highest BCUT2D eigenvalue weighted by molar-refractivity contribution is 7.19. The molecule has 2 heteroatoms. The Morgan fingerprint density at radius 3 is 3.06 bits per heavy atom. The molecule has 1 N–H and O–H groups in total. The van der Waals surface area contributed by atoms with Crippen LogP contribution >= 0.6 is 11.3 Å². The van der Waals surface area contributed by atoms with Gasteiger partial charge in [0.15, 0.2) is 0 Å². The van der Waals surface area contributed by atoms with Crippen LogP contribution in [0, 0.1) is 0 Å². The largest absolute Gasteiger partial charge is 0.314 e. The Balaban J connectivity index is 1.97. The third kappa shape index (κ3) is 2.19. The van der Waals surface area contributed by atoms with E-state index in [1.807, 2.05) is 11.3 Å². The van der Waals surface area contributed by atoms with E-state index in [9.17, 15) is 0 Å². The van der Waals surface area contributed by atoms with Crippen molar-refractivity contribution in [1.82, 2.24) is 5.32 Å². The highest BCUT2D eigenvalue weighted by atomic mass is 32.1. The van der Waals surface area contributed by atoms with E-state index in [1.54, 1.807) is 4.88 Å². The van der Waals surface area contributed by atoms with Crippen molar-refractivity contribution in [3.8, 4) is 0 Å². The lowest BCUT2D eigenvalue weighted by atomic mass is 9.91. The molecule has 1 aromatic carbocycles. The lowest BCUT2D eigenvalue weighted by Gasteiger charge is -2.27. The van der Waals surface area contributed by atoms with Crippen LogP contribution in [-0.2, 0) is 6.42 Å². The van der Waals surface area contributed by atoms with Crippen LogP contribution in [0.15, 0.2) is 24.3 Å². The molecular weight excluding hydrogens is 238 g/mol. The molecule has 3 rings (SSSR count). The molecule has 1 fully saturated rings. The van der Waals surface area contributed by atoms with Gasteiger partial charge in [-0.1, -0.05) is 19.1 Å². The molecule has 2 aromatic rings. The highest BCUT2D eigenvalue weighted by Crippen LogP contribution is 2.37. The summed E-state index contributed by atoms with van der Waals surface area (Å²) in [5.41, 5.74) is 1.50. The van der Waals surface area contributed by atoms with E-state index in [2.05, 4.69) is 43.4 Å². The van der Waals surface area contributed by atoms with Gasteiger partial charge in [-0.3, -0.25) is 0 Å². The first-order chi connectivity index (χ1) is 8.78. The van der Waals surface area contributed by atoms with Crippen LogP contribution in [0.5, 0.6) is 0 Å². The maximum absolute atomic E-state index is 3.54. The second kappa shape index (κ2) is 5.02. The zero-order valence-corrected chi connectivity index (χ0v) is 12.0. The Labute approximate surface area is 113 Å². The Morgan fingerprint density at radius 1 is 1.39 bits per heavy atom. The van der Waals surface area contributed by atoms with Crippen LogP contribution in [0.3, 0.4) is 0 Å². The minimum absolute atomic E-state index is 0.666. The average Bonchev–Trinajstić information content (AvgIpc) is 2.82. The fraction of sp³-hybridized carbons (Fsp3) is 0.500. The first-order valence-corrected chi connectivity index (χ1v) is 7.84. The molecule has 0 aliphatic carbocycles. The molecule has 2 heterocycles. The van der Waals surface area contributed by atoms with Gasteiger partial charge in [-0.05, 0) is 61.7 Å². The van der Waals surface area contributed by atoms with Crippen molar-refractivity contribution in [1.29, 1.82) is 0 Å². The van der Waals surface area contributed by atoms with Gasteiger partial charge in [0.05, 0.1) is 0 Å². The van der Waals surface area contributed by atoms with Gasteiger partial charge < -0.3 is 5.32 Å². The molecule has 0 spiro atoms. The summed E-state index contributed by atoms with van der Waals surface area (Å²) < 4.78 is 1.47. The fourth-order valence-corrected chi connectivity index (χ4v) is 4.30. The van der Waals surface area contributed by atoms with Gasteiger partial charge >= 0.3 is 0 Å². The van der Waals surface area contributed by atoms with Crippen LogP contribution in [-0.4, -0.2) is 12.6 Å². The van der Waals surface area contributed by atoms with Crippen molar-refractivity contribution >= 4 is 21.4 Å². The smallest absolute Gasteiger partial charge is 0.0348 e. The van der Waals surface area contributed by atoms with Gasteiger partial charge in [0.2, 0.25) is 0 Å². The van der Waals surface area contributed by atoms with Crippen molar-refractivity contribution < 1.29 is 0 Å². The van der Waals surface area contributed by atoms with Crippen molar-refractivity contribution in [3.05, 3.63) is 34.7 Å². The quantitative estimate of drug-likeness (QED) is 0.847. The minimum Gasteiger partial charge on any atom is -0.314 e. The lowest BCUT2D eigenvalue weighted by Crippen LogP contribution is -2.34. The molecule has 1 aliphatic rings. The van der Waals surface area contributed by atoms with Crippen LogP contribution in [0.25, 0.3) is 10.1 Å². The van der Waals surface area contributed by atoms with E-state index >= 15 is 0 Å². The van der Waals surface area contributed by atoms with Crippen LogP contribution < -0.4 is 5.32 Å². The van der Waals surface area contributed by atoms with Gasteiger partial charge in [0.25, 0.3) is 0 Å². The third-order valence-electron chi connectivity index (χ3n) is 4.08. The number of hydrogen-bond acceptors (Lipinski definition) is 2. The molecule has 0 bridgehead atoms. The Bertz CT molecular complexity index is 543. The summed E-state index contributed by atoms with van der Waals surface area (Å²) >= 11 is 2.01. The molecule has 2 unspecified atom stereocenters. The van der Waals surface area contributed by atoms with Crippen LogP contribution in [0.1, 0.15) is 43.0 Å². The minimum atomic E-state index is 0.666. The van der Waals surface area contributed by atoms with Crippen molar-refractivity contribution in [2.24, 2.45) is 0 Å². The van der Waals surface area contributed by atoms with Crippen molar-refractivity contribution in [3.63, 3.8) is 0 Å². The zero-order valence-electron chi connectivity index (χ0n) is 11.2. The summed E-state index contributed by atoms with van der Waals surface area (Å²) in [5.74, 6) is 0.767. The van der Waals surface area contributed by atoms with E-state index in [4.69, 9.17) is 0 Å². The molecule has 0 radical (unpaired) electrons. The number of fused-ring (bicyclic) bond motifs is 1. The summed E-state index contributed by atoms with van der Waals surface area (Å²) in [4.78, 5) is 1.60. The SMILES string of the molecule is CCc1cccc2sc(C3CCNC(C)C3)cc12. The van der Waals surface area contributed by atoms with E-state index < -0.39 is 0 Å². The van der Waals surface area contributed by atoms with Crippen LogP contribution in [0.2, 0.25) is 0 Å². The Hall–Kier alpha value is -0.860. The molecule has 1 aromatic heterocycles. The first kappa shape index (κ1) is 12.2. The van der Waals surface area contributed by atoms with Crippen molar-refractivity contribution in [2.75, 3.05) is 6.54 Å². The summed E-state index contributed by atoms with van der Waals surface area (Å²) in [6, 6.07) is 9.87. The normalized spacial score (nSPS) is 24.6. The molecule has 1 saturated heterocycles. The standard InChI is InChI=1S/C16H21NS/c1-3-12-5-4-6-15-14(12)10-16(18-15)13-7-8-17-11(2)9-13/h4-6,10-11,13,17H,3,7-9H2,1-2H3. The maximum atomic E-state index is 3.54. The number of thiophene rings is 1. The second-order valence-corrected chi connectivity index (χ2v) is 6.52. The first-order valence-electron chi connectivity index (χ1n) is 7.02. The third-order valence-corrected chi connectivity index (χ3v) is 5.34. The van der Waals surface area contributed by atoms with Gasteiger partial charge in [0.1, 0.15) is 0 Å².